The van der Waals surface area contributed by atoms with Crippen molar-refractivity contribution < 1.29 is 0 Å². The number of rotatable bonds is 3. The van der Waals surface area contributed by atoms with E-state index in [1.165, 1.54) is 80.8 Å². The van der Waals surface area contributed by atoms with Crippen molar-refractivity contribution in [3.8, 4) is 0 Å². The Morgan fingerprint density at radius 1 is 0.958 bits per heavy atom. The lowest BCUT2D eigenvalue weighted by atomic mass is 9.95. The average Bonchev–Trinajstić information content (AvgIpc) is 2.95. The van der Waals surface area contributed by atoms with Crippen molar-refractivity contribution in [2.45, 2.75) is 81.8 Å². The molecule has 2 aliphatic carbocycles. The van der Waals surface area contributed by atoms with Crippen LogP contribution in [0.25, 0.3) is 10.2 Å². The van der Waals surface area contributed by atoms with Crippen LogP contribution in [0.3, 0.4) is 0 Å². The largest absolute Gasteiger partial charge is 0.367 e. The van der Waals surface area contributed by atoms with Crippen molar-refractivity contribution >= 4 is 39.1 Å². The first kappa shape index (κ1) is 16.6. The Bertz CT molecular complexity index is 702. The van der Waals surface area contributed by atoms with Crippen molar-refractivity contribution in [2.24, 2.45) is 0 Å². The number of hydrogen-bond acceptors (Lipinski definition) is 5. The van der Waals surface area contributed by atoms with E-state index in [0.717, 1.165) is 11.0 Å². The molecule has 0 bridgehead atoms. The van der Waals surface area contributed by atoms with Gasteiger partial charge in [0, 0.05) is 10.9 Å². The molecule has 0 aromatic carbocycles. The number of aryl methyl sites for hydroxylation is 2. The quantitative estimate of drug-likeness (QED) is 0.552. The molecule has 5 heteroatoms. The predicted octanol–water partition coefficient (Wildman–Crippen LogP) is 5.82. The van der Waals surface area contributed by atoms with Crippen molar-refractivity contribution in [3.05, 3.63) is 10.4 Å². The van der Waals surface area contributed by atoms with Crippen molar-refractivity contribution in [1.29, 1.82) is 0 Å². The summed E-state index contributed by atoms with van der Waals surface area (Å²) in [4.78, 5) is 12.5. The highest BCUT2D eigenvalue weighted by Crippen LogP contribution is 2.39. The van der Waals surface area contributed by atoms with E-state index in [9.17, 15) is 0 Å². The Morgan fingerprint density at radius 3 is 2.50 bits per heavy atom. The number of hydrogen-bond donors (Lipinski definition) is 1. The van der Waals surface area contributed by atoms with Gasteiger partial charge >= 0.3 is 0 Å². The first-order chi connectivity index (χ1) is 11.8. The maximum Gasteiger partial charge on any atom is 0.190 e. The fourth-order valence-electron chi connectivity index (χ4n) is 4.13. The van der Waals surface area contributed by atoms with Crippen LogP contribution in [0.5, 0.6) is 0 Å². The Labute approximate surface area is 153 Å². The summed E-state index contributed by atoms with van der Waals surface area (Å²) in [5.74, 6) is 1.12. The van der Waals surface area contributed by atoms with E-state index >= 15 is 0 Å². The first-order valence-corrected chi connectivity index (χ1v) is 11.5. The highest BCUT2D eigenvalue weighted by atomic mass is 32.2. The average molecular weight is 362 g/mol. The summed E-state index contributed by atoms with van der Waals surface area (Å²) in [6, 6.07) is 0.581. The molecular formula is C19H27N3S2. The van der Waals surface area contributed by atoms with Gasteiger partial charge < -0.3 is 5.32 Å². The molecule has 0 saturated heterocycles. The van der Waals surface area contributed by atoms with Crippen LogP contribution in [-0.2, 0) is 12.8 Å². The zero-order valence-electron chi connectivity index (χ0n) is 14.6. The number of nitrogens with one attached hydrogen (secondary N) is 1. The minimum absolute atomic E-state index is 0.581. The van der Waals surface area contributed by atoms with Gasteiger partial charge in [0.15, 0.2) is 5.16 Å². The zero-order valence-corrected chi connectivity index (χ0v) is 16.2. The number of fused-ring (bicyclic) bond motifs is 3. The molecule has 24 heavy (non-hydrogen) atoms. The SMILES string of the molecule is CSc1nc(NC2CCCCCCC2)c2c3c(sc2n1)CCCC3. The van der Waals surface area contributed by atoms with Gasteiger partial charge in [0.05, 0.1) is 5.39 Å². The Balaban J connectivity index is 1.70. The molecule has 0 unspecified atom stereocenters. The summed E-state index contributed by atoms with van der Waals surface area (Å²) >= 11 is 3.57. The van der Waals surface area contributed by atoms with Crippen LogP contribution in [0.15, 0.2) is 5.16 Å². The second-order valence-electron chi connectivity index (χ2n) is 7.14. The molecule has 2 heterocycles. The van der Waals surface area contributed by atoms with Crippen LogP contribution in [0, 0.1) is 0 Å². The van der Waals surface area contributed by atoms with E-state index < -0.39 is 0 Å². The summed E-state index contributed by atoms with van der Waals surface area (Å²) in [6.07, 6.45) is 16.6. The molecule has 1 fully saturated rings. The molecule has 0 atom stereocenters. The van der Waals surface area contributed by atoms with Crippen LogP contribution in [0.2, 0.25) is 0 Å². The molecule has 2 aliphatic rings. The molecule has 4 rings (SSSR count). The Hall–Kier alpha value is -0.810. The van der Waals surface area contributed by atoms with Crippen molar-refractivity contribution in [1.82, 2.24) is 9.97 Å². The second kappa shape index (κ2) is 7.61. The lowest BCUT2D eigenvalue weighted by molar-refractivity contribution is 0.470. The molecule has 0 aliphatic heterocycles. The van der Waals surface area contributed by atoms with Gasteiger partial charge in [-0.2, -0.15) is 0 Å². The maximum atomic E-state index is 4.90. The summed E-state index contributed by atoms with van der Waals surface area (Å²) < 4.78 is 0. The van der Waals surface area contributed by atoms with E-state index in [2.05, 4.69) is 11.6 Å². The minimum Gasteiger partial charge on any atom is -0.367 e. The fraction of sp³-hybridized carbons (Fsp3) is 0.684. The smallest absolute Gasteiger partial charge is 0.190 e. The third-order valence-electron chi connectivity index (χ3n) is 5.42. The lowest BCUT2D eigenvalue weighted by Gasteiger charge is -2.22. The summed E-state index contributed by atoms with van der Waals surface area (Å²) in [6.45, 7) is 0. The normalized spacial score (nSPS) is 19.7. The van der Waals surface area contributed by atoms with Crippen molar-refractivity contribution in [3.63, 3.8) is 0 Å². The van der Waals surface area contributed by atoms with Gasteiger partial charge in [0.1, 0.15) is 10.6 Å². The van der Waals surface area contributed by atoms with Crippen LogP contribution in [0.4, 0.5) is 5.82 Å². The summed E-state index contributed by atoms with van der Waals surface area (Å²) in [7, 11) is 0. The van der Waals surface area contributed by atoms with Gasteiger partial charge in [-0.05, 0) is 50.3 Å². The van der Waals surface area contributed by atoms with E-state index in [-0.39, 0.29) is 0 Å². The molecule has 0 radical (unpaired) electrons. The standard InChI is InChI=1S/C19H27N3S2/c1-23-19-21-17(20-13-9-5-3-2-4-6-10-13)16-14-11-7-8-12-15(14)24-18(16)22-19/h13H,2-12H2,1H3,(H,20,21,22). The van der Waals surface area contributed by atoms with Crippen LogP contribution in [0.1, 0.15) is 68.2 Å². The fourth-order valence-corrected chi connectivity index (χ4v) is 5.81. The van der Waals surface area contributed by atoms with E-state index in [1.807, 2.05) is 11.3 Å². The predicted molar refractivity (Wildman–Crippen MR) is 106 cm³/mol. The molecular weight excluding hydrogens is 334 g/mol. The zero-order chi connectivity index (χ0) is 16.4. The van der Waals surface area contributed by atoms with Crippen LogP contribution < -0.4 is 5.32 Å². The third-order valence-corrected chi connectivity index (χ3v) is 7.16. The number of anilines is 1. The van der Waals surface area contributed by atoms with Gasteiger partial charge in [0.2, 0.25) is 0 Å². The minimum atomic E-state index is 0.581. The molecule has 0 spiro atoms. The molecule has 2 aromatic heterocycles. The molecule has 1 N–H and O–H groups in total. The van der Waals surface area contributed by atoms with Crippen LogP contribution in [-0.4, -0.2) is 22.3 Å². The third kappa shape index (κ3) is 3.43. The van der Waals surface area contributed by atoms with Crippen LogP contribution >= 0.6 is 23.1 Å². The van der Waals surface area contributed by atoms with Gasteiger partial charge in [-0.25, -0.2) is 9.97 Å². The second-order valence-corrected chi connectivity index (χ2v) is 8.99. The lowest BCUT2D eigenvalue weighted by Crippen LogP contribution is -2.21. The topological polar surface area (TPSA) is 37.8 Å². The monoisotopic (exact) mass is 361 g/mol. The molecule has 0 amide bonds. The molecule has 3 nitrogen and oxygen atoms in total. The molecule has 2 aromatic rings. The Kier molecular flexibility index (Phi) is 5.28. The molecule has 1 saturated carbocycles. The van der Waals surface area contributed by atoms with Crippen molar-refractivity contribution in [2.75, 3.05) is 11.6 Å². The highest BCUT2D eigenvalue weighted by Gasteiger charge is 2.22. The number of thiophene rings is 1. The first-order valence-electron chi connectivity index (χ1n) is 9.48. The van der Waals surface area contributed by atoms with Gasteiger partial charge in [-0.1, -0.05) is 43.9 Å². The van der Waals surface area contributed by atoms with Gasteiger partial charge in [0.25, 0.3) is 0 Å². The number of thioether (sulfide) groups is 1. The van der Waals surface area contributed by atoms with Gasteiger partial charge in [-0.15, -0.1) is 11.3 Å². The summed E-state index contributed by atoms with van der Waals surface area (Å²) in [5, 5.41) is 6.10. The summed E-state index contributed by atoms with van der Waals surface area (Å²) in [5.41, 5.74) is 1.54. The Morgan fingerprint density at radius 2 is 1.71 bits per heavy atom. The van der Waals surface area contributed by atoms with E-state index in [4.69, 9.17) is 9.97 Å². The highest BCUT2D eigenvalue weighted by molar-refractivity contribution is 7.98. The van der Waals surface area contributed by atoms with E-state index in [0.29, 0.717) is 6.04 Å². The maximum absolute atomic E-state index is 4.90. The molecule has 130 valence electrons. The number of nitrogens with zero attached hydrogens (tertiary/aromatic N) is 2. The number of aromatic nitrogens is 2. The van der Waals surface area contributed by atoms with Gasteiger partial charge in [-0.3, -0.25) is 0 Å². The van der Waals surface area contributed by atoms with E-state index in [1.54, 1.807) is 22.2 Å².